The molecule has 0 bridgehead atoms. The molecule has 2 rings (SSSR count). The molecule has 106 valence electrons. The van der Waals surface area contributed by atoms with E-state index >= 15 is 0 Å². The first-order valence-corrected chi connectivity index (χ1v) is 6.98. The van der Waals surface area contributed by atoms with Crippen molar-refractivity contribution in [3.63, 3.8) is 0 Å². The van der Waals surface area contributed by atoms with Crippen molar-refractivity contribution < 1.29 is 0 Å². The predicted octanol–water partition coefficient (Wildman–Crippen LogP) is 0.158. The van der Waals surface area contributed by atoms with Crippen LogP contribution in [0.1, 0.15) is 25.8 Å². The molecule has 1 aromatic heterocycles. The Balaban J connectivity index is 2.28. The fraction of sp³-hybridized carbons (Fsp3) is 0.692. The number of anilines is 1. The molecule has 19 heavy (non-hydrogen) atoms. The molecule has 2 N–H and O–H groups in total. The maximum Gasteiger partial charge on any atom is 0.327 e. The molecule has 0 unspecified atom stereocenters. The highest BCUT2D eigenvalue weighted by molar-refractivity contribution is 5.46. The van der Waals surface area contributed by atoms with Crippen LogP contribution in [0.15, 0.2) is 9.59 Å². The zero-order valence-electron chi connectivity index (χ0n) is 11.7. The lowest BCUT2D eigenvalue weighted by Gasteiger charge is -2.35. The molecule has 1 fully saturated rings. The van der Waals surface area contributed by atoms with Gasteiger partial charge in [-0.05, 0) is 13.0 Å². The lowest BCUT2D eigenvalue weighted by molar-refractivity contribution is 0.270. The first-order valence-electron chi connectivity index (χ1n) is 6.98. The summed E-state index contributed by atoms with van der Waals surface area (Å²) in [7, 11) is 0. The van der Waals surface area contributed by atoms with E-state index in [2.05, 4.69) is 26.7 Å². The van der Waals surface area contributed by atoms with Crippen LogP contribution >= 0.6 is 0 Å². The van der Waals surface area contributed by atoms with Crippen LogP contribution in [0.2, 0.25) is 0 Å². The Labute approximate surface area is 112 Å². The summed E-state index contributed by atoms with van der Waals surface area (Å²) in [5.74, 6) is 0.714. The fourth-order valence-corrected chi connectivity index (χ4v) is 2.54. The van der Waals surface area contributed by atoms with E-state index in [0.29, 0.717) is 17.8 Å². The molecule has 1 saturated heterocycles. The second-order valence-corrected chi connectivity index (χ2v) is 4.91. The molecule has 0 amide bonds. The van der Waals surface area contributed by atoms with Gasteiger partial charge in [-0.15, -0.1) is 0 Å². The number of aromatic nitrogens is 2. The van der Waals surface area contributed by atoms with Gasteiger partial charge in [0.05, 0.1) is 5.56 Å². The van der Waals surface area contributed by atoms with Crippen LogP contribution < -0.4 is 16.1 Å². The standard InChI is InChI=1S/C13H22N4O2/c1-3-5-10-11(14-13(19)15-12(10)18)17-8-6-16(4-2)7-9-17/h3-9H2,1-2H3,(H2,14,15,18,19). The third-order valence-electron chi connectivity index (χ3n) is 3.65. The number of hydrogen-bond acceptors (Lipinski definition) is 4. The first-order chi connectivity index (χ1) is 9.15. The summed E-state index contributed by atoms with van der Waals surface area (Å²) in [6, 6.07) is 0. The van der Waals surface area contributed by atoms with Gasteiger partial charge in [-0.3, -0.25) is 14.8 Å². The minimum absolute atomic E-state index is 0.251. The Bertz CT molecular complexity index is 526. The minimum atomic E-state index is -0.419. The second-order valence-electron chi connectivity index (χ2n) is 4.91. The number of likely N-dealkylation sites (N-methyl/N-ethyl adjacent to an activating group) is 1. The van der Waals surface area contributed by atoms with Crippen molar-refractivity contribution in [1.82, 2.24) is 14.9 Å². The Morgan fingerprint density at radius 3 is 2.32 bits per heavy atom. The largest absolute Gasteiger partial charge is 0.355 e. The Kier molecular flexibility index (Phi) is 4.42. The SMILES string of the molecule is CCCc1c(N2CCN(CC)CC2)[nH]c(=O)[nH]c1=O. The van der Waals surface area contributed by atoms with Gasteiger partial charge in [0.1, 0.15) is 5.82 Å². The molecule has 1 aliphatic heterocycles. The zero-order chi connectivity index (χ0) is 13.8. The van der Waals surface area contributed by atoms with Crippen molar-refractivity contribution in [3.05, 3.63) is 26.4 Å². The van der Waals surface area contributed by atoms with Crippen LogP contribution in [0.25, 0.3) is 0 Å². The number of hydrogen-bond donors (Lipinski definition) is 2. The molecule has 0 aromatic carbocycles. The molecule has 1 aromatic rings. The maximum atomic E-state index is 11.9. The van der Waals surface area contributed by atoms with Gasteiger partial charge in [-0.1, -0.05) is 20.3 Å². The van der Waals surface area contributed by atoms with Crippen molar-refractivity contribution in [2.75, 3.05) is 37.6 Å². The van der Waals surface area contributed by atoms with Gasteiger partial charge in [-0.25, -0.2) is 4.79 Å². The molecule has 0 aliphatic carbocycles. The number of nitrogens with one attached hydrogen (secondary N) is 2. The summed E-state index contributed by atoms with van der Waals surface area (Å²) in [5.41, 5.74) is 0.0309. The van der Waals surface area contributed by atoms with E-state index in [1.165, 1.54) is 0 Å². The van der Waals surface area contributed by atoms with Gasteiger partial charge in [0, 0.05) is 26.2 Å². The van der Waals surface area contributed by atoms with E-state index in [-0.39, 0.29) is 5.56 Å². The maximum absolute atomic E-state index is 11.9. The number of piperazine rings is 1. The van der Waals surface area contributed by atoms with Crippen LogP contribution in [-0.4, -0.2) is 47.6 Å². The molecule has 0 spiro atoms. The third-order valence-corrected chi connectivity index (χ3v) is 3.65. The molecule has 6 nitrogen and oxygen atoms in total. The highest BCUT2D eigenvalue weighted by Crippen LogP contribution is 2.16. The van der Waals surface area contributed by atoms with E-state index < -0.39 is 5.69 Å². The molecule has 2 heterocycles. The monoisotopic (exact) mass is 266 g/mol. The van der Waals surface area contributed by atoms with E-state index in [4.69, 9.17) is 0 Å². The smallest absolute Gasteiger partial charge is 0.327 e. The molecule has 0 atom stereocenters. The van der Waals surface area contributed by atoms with Gasteiger partial charge in [-0.2, -0.15) is 0 Å². The van der Waals surface area contributed by atoms with Crippen molar-refractivity contribution in [1.29, 1.82) is 0 Å². The van der Waals surface area contributed by atoms with Crippen LogP contribution in [0.5, 0.6) is 0 Å². The highest BCUT2D eigenvalue weighted by atomic mass is 16.2. The zero-order valence-corrected chi connectivity index (χ0v) is 11.7. The third kappa shape index (κ3) is 3.07. The first kappa shape index (κ1) is 13.9. The van der Waals surface area contributed by atoms with Gasteiger partial charge >= 0.3 is 5.69 Å². The fourth-order valence-electron chi connectivity index (χ4n) is 2.54. The second kappa shape index (κ2) is 6.06. The Hall–Kier alpha value is -1.56. The number of H-pyrrole nitrogens is 2. The lowest BCUT2D eigenvalue weighted by Crippen LogP contribution is -2.48. The Morgan fingerprint density at radius 1 is 1.05 bits per heavy atom. The number of nitrogens with zero attached hydrogens (tertiary/aromatic N) is 2. The van der Waals surface area contributed by atoms with E-state index in [1.54, 1.807) is 0 Å². The summed E-state index contributed by atoms with van der Waals surface area (Å²) in [6.07, 6.45) is 1.58. The predicted molar refractivity (Wildman–Crippen MR) is 76.0 cm³/mol. The van der Waals surface area contributed by atoms with Crippen LogP contribution in [0, 0.1) is 0 Å². The normalized spacial score (nSPS) is 16.8. The van der Waals surface area contributed by atoms with Crippen molar-refractivity contribution in [2.45, 2.75) is 26.7 Å². The lowest BCUT2D eigenvalue weighted by atomic mass is 10.1. The molecular formula is C13H22N4O2. The summed E-state index contributed by atoms with van der Waals surface area (Å²) in [5, 5.41) is 0. The van der Waals surface area contributed by atoms with Crippen molar-refractivity contribution in [3.8, 4) is 0 Å². The van der Waals surface area contributed by atoms with E-state index in [0.717, 1.165) is 39.1 Å². The molecule has 0 radical (unpaired) electrons. The van der Waals surface area contributed by atoms with Crippen LogP contribution in [0.3, 0.4) is 0 Å². The molecule has 6 heteroatoms. The van der Waals surface area contributed by atoms with Crippen molar-refractivity contribution >= 4 is 5.82 Å². The average molecular weight is 266 g/mol. The van der Waals surface area contributed by atoms with Crippen LogP contribution in [-0.2, 0) is 6.42 Å². The quantitative estimate of drug-likeness (QED) is 0.814. The van der Waals surface area contributed by atoms with Crippen molar-refractivity contribution in [2.24, 2.45) is 0 Å². The Morgan fingerprint density at radius 2 is 1.74 bits per heavy atom. The van der Waals surface area contributed by atoms with Gasteiger partial charge in [0.15, 0.2) is 0 Å². The number of rotatable bonds is 4. The molecule has 1 aliphatic rings. The molecule has 0 saturated carbocycles. The van der Waals surface area contributed by atoms with Crippen LogP contribution in [0.4, 0.5) is 5.82 Å². The summed E-state index contributed by atoms with van der Waals surface area (Å²) >= 11 is 0. The summed E-state index contributed by atoms with van der Waals surface area (Å²) in [6.45, 7) is 8.86. The average Bonchev–Trinajstić information content (AvgIpc) is 2.42. The van der Waals surface area contributed by atoms with Gasteiger partial charge in [0.25, 0.3) is 5.56 Å². The summed E-state index contributed by atoms with van der Waals surface area (Å²) < 4.78 is 0. The molecular weight excluding hydrogens is 244 g/mol. The summed E-state index contributed by atoms with van der Waals surface area (Å²) in [4.78, 5) is 33.0. The topological polar surface area (TPSA) is 72.2 Å². The number of aromatic amines is 2. The van der Waals surface area contributed by atoms with E-state index in [1.807, 2.05) is 6.92 Å². The highest BCUT2D eigenvalue weighted by Gasteiger charge is 2.20. The van der Waals surface area contributed by atoms with E-state index in [9.17, 15) is 9.59 Å². The van der Waals surface area contributed by atoms with Gasteiger partial charge < -0.3 is 9.80 Å². The minimum Gasteiger partial charge on any atom is -0.355 e. The van der Waals surface area contributed by atoms with Gasteiger partial charge in [0.2, 0.25) is 0 Å².